The van der Waals surface area contributed by atoms with E-state index in [0.29, 0.717) is 63.7 Å². The van der Waals surface area contributed by atoms with E-state index < -0.39 is 5.91 Å². The summed E-state index contributed by atoms with van der Waals surface area (Å²) in [5.41, 5.74) is 7.61. The summed E-state index contributed by atoms with van der Waals surface area (Å²) in [5.74, 6) is 10.5. The number of nitrogens with two attached hydrogens (primary N) is 2. The third-order valence-corrected chi connectivity index (χ3v) is 3.81. The number of amides is 1. The van der Waals surface area contributed by atoms with Gasteiger partial charge in [-0.25, -0.2) is 5.84 Å². The highest BCUT2D eigenvalue weighted by Crippen LogP contribution is 2.26. The van der Waals surface area contributed by atoms with E-state index >= 15 is 0 Å². The van der Waals surface area contributed by atoms with Gasteiger partial charge in [0.1, 0.15) is 0 Å². The van der Waals surface area contributed by atoms with Crippen molar-refractivity contribution in [2.75, 3.05) is 59.3 Å². The van der Waals surface area contributed by atoms with E-state index in [2.05, 4.69) is 10.9 Å². The van der Waals surface area contributed by atoms with Gasteiger partial charge >= 0.3 is 0 Å². The van der Waals surface area contributed by atoms with Gasteiger partial charge in [-0.1, -0.05) is 6.07 Å². The van der Waals surface area contributed by atoms with Gasteiger partial charge in [0.05, 0.1) is 50.9 Å². The van der Waals surface area contributed by atoms with E-state index in [1.807, 2.05) is 6.07 Å². The highest BCUT2D eigenvalue weighted by atomic mass is 16.5. The molecule has 9 heteroatoms. The predicted molar refractivity (Wildman–Crippen MR) is 98.7 cm³/mol. The predicted octanol–water partition coefficient (Wildman–Crippen LogP) is -0.0133. The number of benzene rings is 1. The molecule has 0 aromatic heterocycles. The molecule has 0 spiro atoms. The van der Waals surface area contributed by atoms with Crippen LogP contribution in [0, 0.1) is 0 Å². The standard InChI is InChI=1S/C17H30N4O5/c1-23-9-11-25-7-5-13-3-4-15(17(22)21-19)16(20-18)14(13)6-8-26-12-10-24-2/h3-4,20H,5-12,18-19H2,1-2H3,(H,21,22). The summed E-state index contributed by atoms with van der Waals surface area (Å²) in [7, 11) is 3.25. The molecule has 1 aromatic carbocycles. The van der Waals surface area contributed by atoms with Crippen LogP contribution in [-0.4, -0.2) is 59.8 Å². The van der Waals surface area contributed by atoms with Crippen molar-refractivity contribution < 1.29 is 23.7 Å². The molecule has 1 aromatic rings. The van der Waals surface area contributed by atoms with Gasteiger partial charge in [0.25, 0.3) is 5.91 Å². The fraction of sp³-hybridized carbons (Fsp3) is 0.588. The Balaban J connectivity index is 2.89. The average molecular weight is 370 g/mol. The van der Waals surface area contributed by atoms with Crippen molar-refractivity contribution in [3.05, 3.63) is 28.8 Å². The molecule has 0 bridgehead atoms. The van der Waals surface area contributed by atoms with Crippen molar-refractivity contribution >= 4 is 11.6 Å². The van der Waals surface area contributed by atoms with Gasteiger partial charge in [-0.3, -0.25) is 16.1 Å². The molecule has 0 heterocycles. The first-order valence-corrected chi connectivity index (χ1v) is 8.45. The minimum absolute atomic E-state index is 0.381. The molecule has 26 heavy (non-hydrogen) atoms. The van der Waals surface area contributed by atoms with Crippen LogP contribution in [0.4, 0.5) is 5.69 Å². The minimum atomic E-state index is -0.414. The Morgan fingerprint density at radius 3 is 2.08 bits per heavy atom. The summed E-state index contributed by atoms with van der Waals surface area (Å²) in [5, 5.41) is 0. The smallest absolute Gasteiger partial charge is 0.267 e. The molecule has 9 nitrogen and oxygen atoms in total. The largest absolute Gasteiger partial charge is 0.382 e. The van der Waals surface area contributed by atoms with E-state index in [1.165, 1.54) is 0 Å². The molecule has 0 saturated heterocycles. The quantitative estimate of drug-likeness (QED) is 0.156. The van der Waals surface area contributed by atoms with Crippen LogP contribution in [0.1, 0.15) is 21.5 Å². The molecule has 0 aliphatic rings. The number of hydrazine groups is 2. The Hall–Kier alpha value is -1.75. The van der Waals surface area contributed by atoms with Crippen molar-refractivity contribution in [2.45, 2.75) is 12.8 Å². The topological polar surface area (TPSA) is 130 Å². The van der Waals surface area contributed by atoms with Crippen LogP contribution in [0.15, 0.2) is 12.1 Å². The number of hydrogen-bond donors (Lipinski definition) is 4. The second-order valence-corrected chi connectivity index (χ2v) is 5.45. The highest BCUT2D eigenvalue weighted by molar-refractivity contribution is 6.00. The molecule has 0 aliphatic carbocycles. The van der Waals surface area contributed by atoms with Gasteiger partial charge < -0.3 is 24.4 Å². The van der Waals surface area contributed by atoms with Gasteiger partial charge in [-0.15, -0.1) is 0 Å². The maximum Gasteiger partial charge on any atom is 0.267 e. The van der Waals surface area contributed by atoms with Crippen molar-refractivity contribution in [2.24, 2.45) is 11.7 Å². The number of hydrogen-bond acceptors (Lipinski definition) is 8. The zero-order chi connectivity index (χ0) is 19.2. The number of ether oxygens (including phenoxy) is 4. The van der Waals surface area contributed by atoms with Crippen LogP contribution >= 0.6 is 0 Å². The van der Waals surface area contributed by atoms with Crippen LogP contribution in [0.2, 0.25) is 0 Å². The lowest BCUT2D eigenvalue weighted by Gasteiger charge is -2.18. The highest BCUT2D eigenvalue weighted by Gasteiger charge is 2.17. The lowest BCUT2D eigenvalue weighted by molar-refractivity contribution is 0.0706. The van der Waals surface area contributed by atoms with E-state index in [0.717, 1.165) is 11.1 Å². The molecule has 0 unspecified atom stereocenters. The first-order valence-electron chi connectivity index (χ1n) is 8.45. The first-order chi connectivity index (χ1) is 12.7. The summed E-state index contributed by atoms with van der Waals surface area (Å²) in [6, 6.07) is 3.58. The van der Waals surface area contributed by atoms with Crippen LogP contribution < -0.4 is 22.5 Å². The SMILES string of the molecule is COCCOCCc1ccc(C(=O)NN)c(NN)c1CCOCCOC. The van der Waals surface area contributed by atoms with Gasteiger partial charge in [-0.05, 0) is 30.0 Å². The third kappa shape index (κ3) is 7.24. The van der Waals surface area contributed by atoms with Gasteiger partial charge in [-0.2, -0.15) is 0 Å². The average Bonchev–Trinajstić information content (AvgIpc) is 2.67. The Bertz CT molecular complexity index is 542. The molecule has 0 fully saturated rings. The van der Waals surface area contributed by atoms with Crippen LogP contribution in [0.5, 0.6) is 0 Å². The minimum Gasteiger partial charge on any atom is -0.382 e. The Morgan fingerprint density at radius 1 is 0.923 bits per heavy atom. The third-order valence-electron chi connectivity index (χ3n) is 3.81. The normalized spacial score (nSPS) is 10.8. The summed E-state index contributed by atoms with van der Waals surface area (Å²) in [4.78, 5) is 12.0. The summed E-state index contributed by atoms with van der Waals surface area (Å²) < 4.78 is 21.0. The number of anilines is 1. The second kappa shape index (κ2) is 13.5. The van der Waals surface area contributed by atoms with Gasteiger partial charge in [0, 0.05) is 14.2 Å². The summed E-state index contributed by atoms with van der Waals surface area (Å²) in [6.07, 6.45) is 1.26. The zero-order valence-corrected chi connectivity index (χ0v) is 15.5. The summed E-state index contributed by atoms with van der Waals surface area (Å²) in [6.45, 7) is 3.11. The fourth-order valence-corrected chi connectivity index (χ4v) is 2.49. The Morgan fingerprint density at radius 2 is 1.54 bits per heavy atom. The number of nitrogen functional groups attached to an aromatic ring is 2. The molecule has 0 radical (unpaired) electrons. The molecular formula is C17H30N4O5. The number of nitrogens with one attached hydrogen (secondary N) is 2. The van der Waals surface area contributed by atoms with E-state index in [4.69, 9.17) is 30.6 Å². The number of rotatable bonds is 14. The maximum atomic E-state index is 12.0. The van der Waals surface area contributed by atoms with Crippen molar-refractivity contribution in [1.82, 2.24) is 5.43 Å². The molecule has 0 atom stereocenters. The molecular weight excluding hydrogens is 340 g/mol. The second-order valence-electron chi connectivity index (χ2n) is 5.45. The number of carbonyl (C=O) groups is 1. The van der Waals surface area contributed by atoms with Crippen molar-refractivity contribution in [3.63, 3.8) is 0 Å². The molecule has 6 N–H and O–H groups in total. The molecule has 1 rings (SSSR count). The number of carbonyl (C=O) groups excluding carboxylic acids is 1. The molecule has 148 valence electrons. The van der Waals surface area contributed by atoms with E-state index in [9.17, 15) is 4.79 Å². The Labute approximate surface area is 154 Å². The number of methoxy groups -OCH3 is 2. The molecule has 0 saturated carbocycles. The Kier molecular flexibility index (Phi) is 11.5. The first kappa shape index (κ1) is 22.3. The van der Waals surface area contributed by atoms with Crippen LogP contribution in [0.25, 0.3) is 0 Å². The van der Waals surface area contributed by atoms with Crippen LogP contribution in [0.3, 0.4) is 0 Å². The van der Waals surface area contributed by atoms with E-state index in [1.54, 1.807) is 20.3 Å². The van der Waals surface area contributed by atoms with Gasteiger partial charge in [0.2, 0.25) is 0 Å². The monoisotopic (exact) mass is 370 g/mol. The van der Waals surface area contributed by atoms with Gasteiger partial charge in [0.15, 0.2) is 0 Å². The van der Waals surface area contributed by atoms with Crippen LogP contribution in [-0.2, 0) is 31.8 Å². The fourth-order valence-electron chi connectivity index (χ4n) is 2.49. The lowest BCUT2D eigenvalue weighted by Crippen LogP contribution is -2.31. The van der Waals surface area contributed by atoms with E-state index in [-0.39, 0.29) is 0 Å². The van der Waals surface area contributed by atoms with Crippen molar-refractivity contribution in [1.29, 1.82) is 0 Å². The molecule has 1 amide bonds. The molecule has 0 aliphatic heterocycles. The maximum absolute atomic E-state index is 12.0. The van der Waals surface area contributed by atoms with Crippen molar-refractivity contribution in [3.8, 4) is 0 Å². The zero-order valence-electron chi connectivity index (χ0n) is 15.5. The summed E-state index contributed by atoms with van der Waals surface area (Å²) >= 11 is 0. The lowest BCUT2D eigenvalue weighted by atomic mass is 9.96.